The van der Waals surface area contributed by atoms with Crippen LogP contribution in [-0.2, 0) is 12.8 Å². The van der Waals surface area contributed by atoms with Gasteiger partial charge in [-0.3, -0.25) is 4.79 Å². The molecule has 0 amide bonds. The molecular formula is C28H32F4N4O2. The highest BCUT2D eigenvalue weighted by molar-refractivity contribution is 6.02. The zero-order chi connectivity index (χ0) is 26.8. The molecule has 0 N–H and O–H groups in total. The van der Waals surface area contributed by atoms with Crippen LogP contribution in [0.1, 0.15) is 60.1 Å². The molecule has 1 fully saturated rings. The molecule has 3 aromatic rings. The molecule has 0 bridgehead atoms. The van der Waals surface area contributed by atoms with E-state index >= 15 is 4.39 Å². The maximum atomic E-state index is 15.7. The zero-order valence-electron chi connectivity index (χ0n) is 21.2. The quantitative estimate of drug-likeness (QED) is 0.278. The molecule has 0 aromatic carbocycles. The molecule has 0 radical (unpaired) electrons. The van der Waals surface area contributed by atoms with Crippen molar-refractivity contribution in [1.82, 2.24) is 19.5 Å². The highest BCUT2D eigenvalue weighted by atomic mass is 19.4. The van der Waals surface area contributed by atoms with Crippen molar-refractivity contribution in [3.05, 3.63) is 59.5 Å². The summed E-state index contributed by atoms with van der Waals surface area (Å²) in [5.41, 5.74) is 1.98. The van der Waals surface area contributed by atoms with Crippen LogP contribution >= 0.6 is 0 Å². The molecule has 3 aromatic heterocycles. The summed E-state index contributed by atoms with van der Waals surface area (Å²) >= 11 is 0. The Kier molecular flexibility index (Phi) is 7.70. The van der Waals surface area contributed by atoms with Crippen LogP contribution in [0.4, 0.5) is 17.6 Å². The van der Waals surface area contributed by atoms with Gasteiger partial charge in [0.15, 0.2) is 12.4 Å². The van der Waals surface area contributed by atoms with E-state index in [1.807, 2.05) is 24.4 Å². The highest BCUT2D eigenvalue weighted by Crippen LogP contribution is 2.39. The third-order valence-electron chi connectivity index (χ3n) is 7.88. The first kappa shape index (κ1) is 26.6. The summed E-state index contributed by atoms with van der Waals surface area (Å²) in [6, 6.07) is 8.74. The molecule has 1 aliphatic heterocycles. The van der Waals surface area contributed by atoms with Crippen LogP contribution < -0.4 is 4.74 Å². The van der Waals surface area contributed by atoms with E-state index in [9.17, 15) is 18.0 Å². The number of fused-ring (bicyclic) bond motifs is 2. The molecule has 4 heterocycles. The minimum absolute atomic E-state index is 0.0191. The predicted octanol–water partition coefficient (Wildman–Crippen LogP) is 5.63. The molecule has 1 aliphatic carbocycles. The molecule has 1 saturated carbocycles. The van der Waals surface area contributed by atoms with Gasteiger partial charge in [-0.2, -0.15) is 18.3 Å². The summed E-state index contributed by atoms with van der Waals surface area (Å²) in [5.74, 6) is 0.244. The van der Waals surface area contributed by atoms with Crippen molar-refractivity contribution in [2.75, 3.05) is 26.2 Å². The van der Waals surface area contributed by atoms with Gasteiger partial charge < -0.3 is 9.64 Å². The lowest BCUT2D eigenvalue weighted by atomic mass is 9.76. The first-order valence-corrected chi connectivity index (χ1v) is 13.2. The fourth-order valence-corrected chi connectivity index (χ4v) is 5.64. The monoisotopic (exact) mass is 532 g/mol. The number of ketones is 1. The van der Waals surface area contributed by atoms with Crippen LogP contribution in [-0.4, -0.2) is 63.4 Å². The van der Waals surface area contributed by atoms with Crippen LogP contribution in [0, 0.1) is 5.92 Å². The van der Waals surface area contributed by atoms with Gasteiger partial charge in [0.25, 0.3) is 0 Å². The molecule has 2 aliphatic rings. The summed E-state index contributed by atoms with van der Waals surface area (Å²) < 4.78 is 59.5. The minimum atomic E-state index is -4.41. The number of halogens is 4. The van der Waals surface area contributed by atoms with E-state index in [1.54, 1.807) is 16.8 Å². The maximum Gasteiger partial charge on any atom is 0.422 e. The van der Waals surface area contributed by atoms with E-state index in [4.69, 9.17) is 4.74 Å². The van der Waals surface area contributed by atoms with Gasteiger partial charge in [-0.15, -0.1) is 0 Å². The van der Waals surface area contributed by atoms with Gasteiger partial charge in [0.05, 0.1) is 11.7 Å². The fourth-order valence-electron chi connectivity index (χ4n) is 5.64. The number of alkyl halides is 4. The van der Waals surface area contributed by atoms with E-state index in [0.29, 0.717) is 63.6 Å². The summed E-state index contributed by atoms with van der Waals surface area (Å²) in [6.45, 7) is 0.689. The van der Waals surface area contributed by atoms with Gasteiger partial charge in [-0.25, -0.2) is 13.9 Å². The van der Waals surface area contributed by atoms with E-state index in [2.05, 4.69) is 15.0 Å². The molecule has 10 heteroatoms. The van der Waals surface area contributed by atoms with Crippen LogP contribution in [0.25, 0.3) is 5.52 Å². The summed E-state index contributed by atoms with van der Waals surface area (Å²) in [4.78, 5) is 19.4. The Bertz CT molecular complexity index is 1270. The third kappa shape index (κ3) is 6.51. The van der Waals surface area contributed by atoms with Gasteiger partial charge in [-0.05, 0) is 68.2 Å². The highest BCUT2D eigenvalue weighted by Gasteiger charge is 2.36. The number of ether oxygens (including phenoxy) is 1. The topological polar surface area (TPSA) is 59.7 Å². The van der Waals surface area contributed by atoms with Crippen LogP contribution in [0.5, 0.6) is 5.88 Å². The fraction of sp³-hybridized carbons (Fsp3) is 0.536. The van der Waals surface area contributed by atoms with Crippen molar-refractivity contribution in [3.63, 3.8) is 0 Å². The van der Waals surface area contributed by atoms with Gasteiger partial charge in [0, 0.05) is 56.0 Å². The van der Waals surface area contributed by atoms with E-state index in [0.717, 1.165) is 29.7 Å². The summed E-state index contributed by atoms with van der Waals surface area (Å²) in [5, 5.41) is 4.19. The Hall–Kier alpha value is -3.01. The van der Waals surface area contributed by atoms with Crippen molar-refractivity contribution in [3.8, 4) is 5.88 Å². The second-order valence-electron chi connectivity index (χ2n) is 10.6. The van der Waals surface area contributed by atoms with Crippen molar-refractivity contribution < 1.29 is 27.1 Å². The SMILES string of the molecule is O=C(CC1CCC(F)(CCN2CCc3ccc(OCC(F)(F)F)nc3CC2)CC1)c1cccn2nccc12. The first-order chi connectivity index (χ1) is 18.2. The lowest BCUT2D eigenvalue weighted by molar-refractivity contribution is -0.154. The summed E-state index contributed by atoms with van der Waals surface area (Å²) in [7, 11) is 0. The molecule has 5 rings (SSSR count). The van der Waals surface area contributed by atoms with Crippen molar-refractivity contribution >= 4 is 11.3 Å². The van der Waals surface area contributed by atoms with Gasteiger partial charge in [0.2, 0.25) is 5.88 Å². The third-order valence-corrected chi connectivity index (χ3v) is 7.88. The lowest BCUT2D eigenvalue weighted by Gasteiger charge is -2.35. The van der Waals surface area contributed by atoms with E-state index in [1.165, 1.54) is 6.07 Å². The van der Waals surface area contributed by atoms with Crippen molar-refractivity contribution in [1.29, 1.82) is 0 Å². The first-order valence-electron chi connectivity index (χ1n) is 13.2. The number of rotatable bonds is 8. The average Bonchev–Trinajstić information content (AvgIpc) is 3.28. The normalized spacial score (nSPS) is 22.7. The van der Waals surface area contributed by atoms with Crippen molar-refractivity contribution in [2.45, 2.75) is 63.2 Å². The second-order valence-corrected chi connectivity index (χ2v) is 10.6. The van der Waals surface area contributed by atoms with Gasteiger partial charge in [0.1, 0.15) is 5.67 Å². The minimum Gasteiger partial charge on any atom is -0.468 e. The van der Waals surface area contributed by atoms with Gasteiger partial charge in [-0.1, -0.05) is 6.07 Å². The molecule has 0 saturated heterocycles. The van der Waals surface area contributed by atoms with Crippen molar-refractivity contribution in [2.24, 2.45) is 5.92 Å². The Balaban J connectivity index is 1.08. The Morgan fingerprint density at radius 3 is 2.68 bits per heavy atom. The molecule has 0 spiro atoms. The number of pyridine rings is 2. The molecular weight excluding hydrogens is 500 g/mol. The largest absolute Gasteiger partial charge is 0.468 e. The average molecular weight is 533 g/mol. The number of nitrogens with zero attached hydrogens (tertiary/aromatic N) is 4. The number of Topliss-reactive ketones (excluding diaryl/α,β-unsaturated/α-hetero) is 1. The second kappa shape index (κ2) is 11.0. The molecule has 6 nitrogen and oxygen atoms in total. The Labute approximate surface area is 219 Å². The van der Waals surface area contributed by atoms with Gasteiger partial charge >= 0.3 is 6.18 Å². The predicted molar refractivity (Wildman–Crippen MR) is 134 cm³/mol. The molecule has 38 heavy (non-hydrogen) atoms. The Morgan fingerprint density at radius 2 is 1.89 bits per heavy atom. The summed E-state index contributed by atoms with van der Waals surface area (Å²) in [6.07, 6.45) is 3.55. The maximum absolute atomic E-state index is 15.7. The Morgan fingerprint density at radius 1 is 1.11 bits per heavy atom. The molecule has 204 valence electrons. The number of aromatic nitrogens is 3. The van der Waals surface area contributed by atoms with E-state index < -0.39 is 18.5 Å². The number of carbonyl (C=O) groups is 1. The molecule has 0 atom stereocenters. The smallest absolute Gasteiger partial charge is 0.422 e. The standard InChI is InChI=1S/C28H32F4N4O2/c29-27(10-5-20(6-11-27)18-25(37)22-2-1-14-36-24(22)7-13-33-36)12-17-35-15-8-21-3-4-26(34-23(21)9-16-35)38-19-28(30,31)32/h1-4,7,13-14,20H,5-6,8-12,15-19H2. The van der Waals surface area contributed by atoms with E-state index in [-0.39, 0.29) is 17.6 Å². The van der Waals surface area contributed by atoms with Crippen LogP contribution in [0.15, 0.2) is 42.7 Å². The molecule has 0 unspecified atom stereocenters. The number of hydrogen-bond donors (Lipinski definition) is 0. The zero-order valence-corrected chi connectivity index (χ0v) is 21.2. The number of hydrogen-bond acceptors (Lipinski definition) is 5. The lowest BCUT2D eigenvalue weighted by Crippen LogP contribution is -2.36. The van der Waals surface area contributed by atoms with Crippen LogP contribution in [0.2, 0.25) is 0 Å². The van der Waals surface area contributed by atoms with Crippen LogP contribution in [0.3, 0.4) is 0 Å². The number of carbonyl (C=O) groups excluding carboxylic acids is 1.